The summed E-state index contributed by atoms with van der Waals surface area (Å²) in [7, 11) is -3.01. The summed E-state index contributed by atoms with van der Waals surface area (Å²) in [6.45, 7) is 0. The number of aromatic amines is 1. The van der Waals surface area contributed by atoms with Gasteiger partial charge in [-0.2, -0.15) is 0 Å². The minimum Gasteiger partial charge on any atom is -0.290 e. The molecule has 1 N–H and O–H groups in total. The largest absolute Gasteiger partial charge is 0.290 e. The Morgan fingerprint density at radius 1 is 1.04 bits per heavy atom. The van der Waals surface area contributed by atoms with Crippen LogP contribution in [0.4, 0.5) is 0 Å². The van der Waals surface area contributed by atoms with Crippen LogP contribution in [0, 0.1) is 0 Å². The molecule has 4 rings (SSSR count). The van der Waals surface area contributed by atoms with Gasteiger partial charge in [0.2, 0.25) is 0 Å². The first kappa shape index (κ1) is 17.5. The van der Waals surface area contributed by atoms with E-state index in [1.165, 1.54) is 10.9 Å². The Hall–Kier alpha value is -2.93. The van der Waals surface area contributed by atoms with Crippen LogP contribution in [0.5, 0.6) is 0 Å². The number of benzene rings is 2. The minimum atomic E-state index is -3.01. The summed E-state index contributed by atoms with van der Waals surface area (Å²) in [6, 6.07) is 18.5. The maximum atomic E-state index is 13.0. The first-order chi connectivity index (χ1) is 13.0. The quantitative estimate of drug-likeness (QED) is 0.705. The van der Waals surface area contributed by atoms with Gasteiger partial charge in [-0.05, 0) is 18.6 Å². The molecule has 6 nitrogen and oxygen atoms in total. The maximum Gasteiger partial charge on any atom is 0.280 e. The third-order valence-electron chi connectivity index (χ3n) is 4.63. The van der Waals surface area contributed by atoms with Crippen LogP contribution >= 0.6 is 0 Å². The predicted octanol–water partition coefficient (Wildman–Crippen LogP) is 2.44. The van der Waals surface area contributed by atoms with Crippen molar-refractivity contribution in [3.63, 3.8) is 0 Å². The SMILES string of the molecule is O=c1c(C=N[C@H]2CCS(=O)(=O)C2)c(-c2ccccc2)[nH]n1-c1ccccc1. The first-order valence-electron chi connectivity index (χ1n) is 8.73. The van der Waals surface area contributed by atoms with Crippen LogP contribution in [0.1, 0.15) is 12.0 Å². The number of aromatic nitrogens is 2. The van der Waals surface area contributed by atoms with Crippen molar-refractivity contribution in [3.8, 4) is 16.9 Å². The highest BCUT2D eigenvalue weighted by Crippen LogP contribution is 2.20. The molecular weight excluding hydrogens is 362 g/mol. The third-order valence-corrected chi connectivity index (χ3v) is 6.38. The molecule has 7 heteroatoms. The molecule has 0 amide bonds. The van der Waals surface area contributed by atoms with E-state index in [2.05, 4.69) is 10.1 Å². The number of hydrogen-bond donors (Lipinski definition) is 1. The van der Waals surface area contributed by atoms with Gasteiger partial charge >= 0.3 is 0 Å². The van der Waals surface area contributed by atoms with E-state index in [-0.39, 0.29) is 23.1 Å². The Kier molecular flexibility index (Phi) is 4.53. The molecule has 27 heavy (non-hydrogen) atoms. The Labute approximate surface area is 157 Å². The number of para-hydroxylation sites is 1. The Balaban J connectivity index is 1.79. The minimum absolute atomic E-state index is 0.0431. The van der Waals surface area contributed by atoms with Gasteiger partial charge in [-0.3, -0.25) is 14.9 Å². The number of aliphatic imine (C=N–C) groups is 1. The molecule has 1 atom stereocenters. The molecule has 0 saturated carbocycles. The van der Waals surface area contributed by atoms with Gasteiger partial charge in [0.15, 0.2) is 9.84 Å². The highest BCUT2D eigenvalue weighted by Gasteiger charge is 2.27. The van der Waals surface area contributed by atoms with E-state index >= 15 is 0 Å². The molecular formula is C20H19N3O3S. The fourth-order valence-electron chi connectivity index (χ4n) is 3.23. The van der Waals surface area contributed by atoms with E-state index < -0.39 is 9.84 Å². The Morgan fingerprint density at radius 2 is 1.70 bits per heavy atom. The summed E-state index contributed by atoms with van der Waals surface area (Å²) in [6.07, 6.45) is 2.02. The highest BCUT2D eigenvalue weighted by molar-refractivity contribution is 7.91. The molecule has 3 aromatic rings. The van der Waals surface area contributed by atoms with Crippen molar-refractivity contribution in [2.24, 2.45) is 4.99 Å². The average molecular weight is 381 g/mol. The lowest BCUT2D eigenvalue weighted by Crippen LogP contribution is -2.17. The van der Waals surface area contributed by atoms with Gasteiger partial charge in [0.25, 0.3) is 5.56 Å². The molecule has 0 aliphatic carbocycles. The van der Waals surface area contributed by atoms with E-state index in [0.29, 0.717) is 17.7 Å². The number of sulfone groups is 1. The van der Waals surface area contributed by atoms with E-state index in [1.54, 1.807) is 0 Å². The zero-order chi connectivity index (χ0) is 18.9. The van der Waals surface area contributed by atoms with Gasteiger partial charge in [0, 0.05) is 11.8 Å². The third kappa shape index (κ3) is 3.64. The van der Waals surface area contributed by atoms with Gasteiger partial charge < -0.3 is 0 Å². The van der Waals surface area contributed by atoms with E-state index in [1.807, 2.05) is 60.7 Å². The summed E-state index contributed by atoms with van der Waals surface area (Å²) < 4.78 is 24.8. The van der Waals surface area contributed by atoms with Crippen molar-refractivity contribution >= 4 is 16.1 Å². The van der Waals surface area contributed by atoms with Gasteiger partial charge in [-0.15, -0.1) is 0 Å². The zero-order valence-electron chi connectivity index (χ0n) is 14.6. The molecule has 0 radical (unpaired) electrons. The molecule has 138 valence electrons. The first-order valence-corrected chi connectivity index (χ1v) is 10.5. The zero-order valence-corrected chi connectivity index (χ0v) is 15.4. The lowest BCUT2D eigenvalue weighted by atomic mass is 10.1. The molecule has 1 aliphatic rings. The van der Waals surface area contributed by atoms with Gasteiger partial charge in [-0.1, -0.05) is 48.5 Å². The van der Waals surface area contributed by atoms with Gasteiger partial charge in [0.1, 0.15) is 0 Å². The summed E-state index contributed by atoms with van der Waals surface area (Å²) in [5, 5.41) is 3.17. The summed E-state index contributed by atoms with van der Waals surface area (Å²) in [5.74, 6) is 0.198. The molecule has 0 spiro atoms. The molecule has 0 unspecified atom stereocenters. The van der Waals surface area contributed by atoms with Crippen LogP contribution in [0.25, 0.3) is 16.9 Å². The van der Waals surface area contributed by atoms with Crippen molar-refractivity contribution in [1.29, 1.82) is 0 Å². The summed E-state index contributed by atoms with van der Waals surface area (Å²) >= 11 is 0. The van der Waals surface area contributed by atoms with Crippen LogP contribution in [0.2, 0.25) is 0 Å². The van der Waals surface area contributed by atoms with Crippen LogP contribution in [0.3, 0.4) is 0 Å². The monoisotopic (exact) mass is 381 g/mol. The lowest BCUT2D eigenvalue weighted by molar-refractivity contribution is 0.601. The van der Waals surface area contributed by atoms with Gasteiger partial charge in [0.05, 0.1) is 34.5 Å². The van der Waals surface area contributed by atoms with Crippen molar-refractivity contribution < 1.29 is 8.42 Å². The summed E-state index contributed by atoms with van der Waals surface area (Å²) in [5.41, 5.74) is 2.46. The standard InChI is InChI=1S/C20H19N3O3S/c24-20-18(13-21-16-11-12-27(25,26)14-16)19(15-7-3-1-4-8-15)22-23(20)17-9-5-2-6-10-17/h1-10,13,16,22H,11-12,14H2/t16-/m0/s1. The normalized spacial score (nSPS) is 18.9. The fourth-order valence-corrected chi connectivity index (χ4v) is 4.86. The van der Waals surface area contributed by atoms with E-state index in [4.69, 9.17) is 0 Å². The summed E-state index contributed by atoms with van der Waals surface area (Å²) in [4.78, 5) is 17.4. The maximum absolute atomic E-state index is 13.0. The van der Waals surface area contributed by atoms with Crippen molar-refractivity contribution in [2.75, 3.05) is 11.5 Å². The van der Waals surface area contributed by atoms with Crippen LogP contribution in [-0.4, -0.2) is 42.0 Å². The fraction of sp³-hybridized carbons (Fsp3) is 0.200. The van der Waals surface area contributed by atoms with Crippen LogP contribution in [0.15, 0.2) is 70.5 Å². The Morgan fingerprint density at radius 3 is 2.33 bits per heavy atom. The van der Waals surface area contributed by atoms with Crippen LogP contribution in [-0.2, 0) is 9.84 Å². The molecule has 0 bridgehead atoms. The molecule has 2 aromatic carbocycles. The van der Waals surface area contributed by atoms with Crippen molar-refractivity contribution in [1.82, 2.24) is 9.78 Å². The molecule has 1 aromatic heterocycles. The second-order valence-electron chi connectivity index (χ2n) is 6.58. The smallest absolute Gasteiger partial charge is 0.280 e. The Bertz CT molecular complexity index is 1130. The van der Waals surface area contributed by atoms with Crippen molar-refractivity contribution in [2.45, 2.75) is 12.5 Å². The number of H-pyrrole nitrogens is 1. The lowest BCUT2D eigenvalue weighted by Gasteiger charge is -2.02. The molecule has 1 fully saturated rings. The molecule has 1 aliphatic heterocycles. The van der Waals surface area contributed by atoms with Crippen LogP contribution < -0.4 is 5.56 Å². The second kappa shape index (κ2) is 7.00. The van der Waals surface area contributed by atoms with E-state index in [0.717, 1.165) is 11.3 Å². The number of hydrogen-bond acceptors (Lipinski definition) is 4. The molecule has 2 heterocycles. The topological polar surface area (TPSA) is 84.3 Å². The molecule has 1 saturated heterocycles. The number of rotatable bonds is 4. The average Bonchev–Trinajstić information content (AvgIpc) is 3.20. The number of nitrogens with zero attached hydrogens (tertiary/aromatic N) is 2. The van der Waals surface area contributed by atoms with E-state index in [9.17, 15) is 13.2 Å². The van der Waals surface area contributed by atoms with Crippen molar-refractivity contribution in [3.05, 3.63) is 76.6 Å². The highest BCUT2D eigenvalue weighted by atomic mass is 32.2. The van der Waals surface area contributed by atoms with Gasteiger partial charge in [-0.25, -0.2) is 13.1 Å². The predicted molar refractivity (Wildman–Crippen MR) is 106 cm³/mol. The second-order valence-corrected chi connectivity index (χ2v) is 8.81. The number of nitrogens with one attached hydrogen (secondary N) is 1.